The highest BCUT2D eigenvalue weighted by molar-refractivity contribution is 5.76. The lowest BCUT2D eigenvalue weighted by Crippen LogP contribution is -2.52. The lowest BCUT2D eigenvalue weighted by molar-refractivity contribution is -0.145. The highest BCUT2D eigenvalue weighted by Gasteiger charge is 2.36. The molecule has 2 amide bonds. The van der Waals surface area contributed by atoms with Crippen LogP contribution >= 0.6 is 0 Å². The molecular formula is C17H22N2O4. The number of nitrogens with zero attached hydrogens (tertiary/aromatic N) is 1. The van der Waals surface area contributed by atoms with E-state index in [9.17, 15) is 14.7 Å². The standard InChI is InChI=1S/C17H22N2O4/c20-15-5-3-11(4-6-15)12-2-1-7-19(10-12)17(23)18-14-8-13(9-14)16(21)22/h3-6,12-14,20H,1-2,7-10H2,(H,18,23)(H,21,22). The van der Waals surface area contributed by atoms with Crippen molar-refractivity contribution < 1.29 is 19.8 Å². The van der Waals surface area contributed by atoms with E-state index in [0.717, 1.165) is 24.9 Å². The number of amides is 2. The number of likely N-dealkylation sites (tertiary alicyclic amines) is 1. The monoisotopic (exact) mass is 318 g/mol. The Morgan fingerprint density at radius 2 is 1.87 bits per heavy atom. The van der Waals surface area contributed by atoms with Crippen molar-refractivity contribution in [3.8, 4) is 5.75 Å². The van der Waals surface area contributed by atoms with Crippen molar-refractivity contribution in [1.29, 1.82) is 0 Å². The number of hydrogen-bond acceptors (Lipinski definition) is 3. The predicted molar refractivity (Wildman–Crippen MR) is 84.3 cm³/mol. The first kappa shape index (κ1) is 15.6. The fourth-order valence-corrected chi connectivity index (χ4v) is 3.38. The van der Waals surface area contributed by atoms with Crippen LogP contribution in [0.25, 0.3) is 0 Å². The number of aliphatic carboxylic acids is 1. The summed E-state index contributed by atoms with van der Waals surface area (Å²) in [4.78, 5) is 24.9. The molecule has 0 spiro atoms. The molecule has 1 saturated heterocycles. The predicted octanol–water partition coefficient (Wildman–Crippen LogP) is 2.14. The van der Waals surface area contributed by atoms with Crippen LogP contribution in [0, 0.1) is 5.92 Å². The molecule has 1 aliphatic heterocycles. The number of phenolic OH excluding ortho intramolecular Hbond substituents is 1. The topological polar surface area (TPSA) is 89.9 Å². The molecule has 124 valence electrons. The van der Waals surface area contributed by atoms with Crippen LogP contribution in [-0.4, -0.2) is 46.2 Å². The summed E-state index contributed by atoms with van der Waals surface area (Å²) in [5.41, 5.74) is 1.13. The van der Waals surface area contributed by atoms with E-state index in [-0.39, 0.29) is 29.7 Å². The fraction of sp³-hybridized carbons (Fsp3) is 0.529. The number of aromatic hydroxyl groups is 1. The SMILES string of the molecule is O=C(O)C1CC(NC(=O)N2CCCC(c3ccc(O)cc3)C2)C1. The van der Waals surface area contributed by atoms with Gasteiger partial charge in [0.05, 0.1) is 5.92 Å². The van der Waals surface area contributed by atoms with Gasteiger partial charge in [-0.2, -0.15) is 0 Å². The lowest BCUT2D eigenvalue weighted by Gasteiger charge is -2.37. The largest absolute Gasteiger partial charge is 0.508 e. The molecule has 1 aromatic carbocycles. The van der Waals surface area contributed by atoms with Crippen molar-refractivity contribution in [1.82, 2.24) is 10.2 Å². The summed E-state index contributed by atoms with van der Waals surface area (Å²) in [5, 5.41) is 21.2. The van der Waals surface area contributed by atoms with Crippen molar-refractivity contribution in [3.63, 3.8) is 0 Å². The second-order valence-electron chi connectivity index (χ2n) is 6.53. The zero-order valence-electron chi connectivity index (χ0n) is 12.9. The summed E-state index contributed by atoms with van der Waals surface area (Å²) in [6, 6.07) is 7.05. The fourth-order valence-electron chi connectivity index (χ4n) is 3.38. The number of urea groups is 1. The molecule has 1 unspecified atom stereocenters. The zero-order valence-corrected chi connectivity index (χ0v) is 12.9. The summed E-state index contributed by atoms with van der Waals surface area (Å²) in [6.07, 6.45) is 3.02. The molecule has 0 aromatic heterocycles. The number of phenols is 1. The van der Waals surface area contributed by atoms with Crippen molar-refractivity contribution in [2.45, 2.75) is 37.6 Å². The number of rotatable bonds is 3. The first-order valence-corrected chi connectivity index (χ1v) is 8.10. The molecule has 1 aromatic rings. The van der Waals surface area contributed by atoms with E-state index in [1.807, 2.05) is 17.0 Å². The van der Waals surface area contributed by atoms with Gasteiger partial charge in [-0.1, -0.05) is 12.1 Å². The Bertz CT molecular complexity index is 581. The van der Waals surface area contributed by atoms with Crippen molar-refractivity contribution in [3.05, 3.63) is 29.8 Å². The van der Waals surface area contributed by atoms with Gasteiger partial charge in [0, 0.05) is 25.0 Å². The quantitative estimate of drug-likeness (QED) is 0.796. The Morgan fingerprint density at radius 3 is 2.52 bits per heavy atom. The third-order valence-electron chi connectivity index (χ3n) is 4.89. The molecule has 2 aliphatic rings. The van der Waals surface area contributed by atoms with Crippen LogP contribution in [0.15, 0.2) is 24.3 Å². The number of carbonyl (C=O) groups excluding carboxylic acids is 1. The smallest absolute Gasteiger partial charge is 0.317 e. The maximum Gasteiger partial charge on any atom is 0.317 e. The molecule has 0 radical (unpaired) electrons. The Hall–Kier alpha value is -2.24. The molecule has 6 nitrogen and oxygen atoms in total. The third-order valence-corrected chi connectivity index (χ3v) is 4.89. The number of benzene rings is 1. The molecular weight excluding hydrogens is 296 g/mol. The number of carboxylic acid groups (broad SMARTS) is 1. The lowest BCUT2D eigenvalue weighted by atomic mass is 9.80. The molecule has 23 heavy (non-hydrogen) atoms. The molecule has 1 heterocycles. The van der Waals surface area contributed by atoms with Crippen LogP contribution in [0.5, 0.6) is 5.75 Å². The van der Waals surface area contributed by atoms with Crippen LogP contribution in [0.1, 0.15) is 37.2 Å². The summed E-state index contributed by atoms with van der Waals surface area (Å²) in [6.45, 7) is 1.39. The van der Waals surface area contributed by atoms with Gasteiger partial charge in [-0.05, 0) is 43.4 Å². The van der Waals surface area contributed by atoms with Crippen molar-refractivity contribution >= 4 is 12.0 Å². The van der Waals surface area contributed by atoms with Gasteiger partial charge < -0.3 is 20.4 Å². The van der Waals surface area contributed by atoms with Gasteiger partial charge in [0.15, 0.2) is 0 Å². The summed E-state index contributed by atoms with van der Waals surface area (Å²) in [7, 11) is 0. The van der Waals surface area contributed by atoms with Crippen molar-refractivity contribution in [2.75, 3.05) is 13.1 Å². The molecule has 3 N–H and O–H groups in total. The molecule has 0 bridgehead atoms. The van der Waals surface area contributed by atoms with E-state index in [1.165, 1.54) is 0 Å². The third kappa shape index (κ3) is 3.57. The average Bonchev–Trinajstić information content (AvgIpc) is 2.50. The van der Waals surface area contributed by atoms with Gasteiger partial charge in [0.25, 0.3) is 0 Å². The van der Waals surface area contributed by atoms with E-state index in [1.54, 1.807) is 12.1 Å². The Morgan fingerprint density at radius 1 is 1.17 bits per heavy atom. The van der Waals surface area contributed by atoms with Crippen LogP contribution in [0.4, 0.5) is 4.79 Å². The maximum atomic E-state index is 12.3. The average molecular weight is 318 g/mol. The van der Waals surface area contributed by atoms with E-state index >= 15 is 0 Å². The summed E-state index contributed by atoms with van der Waals surface area (Å²) < 4.78 is 0. The first-order valence-electron chi connectivity index (χ1n) is 8.10. The van der Waals surface area contributed by atoms with Crippen molar-refractivity contribution in [2.24, 2.45) is 5.92 Å². The summed E-state index contributed by atoms with van der Waals surface area (Å²) >= 11 is 0. The number of carboxylic acids is 1. The minimum Gasteiger partial charge on any atom is -0.508 e. The number of hydrogen-bond donors (Lipinski definition) is 3. The molecule has 1 atom stereocenters. The van der Waals surface area contributed by atoms with Gasteiger partial charge in [-0.25, -0.2) is 4.79 Å². The van der Waals surface area contributed by atoms with Gasteiger partial charge in [-0.15, -0.1) is 0 Å². The van der Waals surface area contributed by atoms with E-state index in [0.29, 0.717) is 19.4 Å². The Balaban J connectivity index is 1.53. The molecule has 2 fully saturated rings. The van der Waals surface area contributed by atoms with Crippen LogP contribution in [0.3, 0.4) is 0 Å². The summed E-state index contributed by atoms with van der Waals surface area (Å²) in [5.74, 6) is -0.562. The number of piperidine rings is 1. The van der Waals surface area contributed by atoms with Gasteiger partial charge in [-0.3, -0.25) is 4.79 Å². The normalized spacial score (nSPS) is 27.1. The van der Waals surface area contributed by atoms with Gasteiger partial charge in [0.2, 0.25) is 0 Å². The maximum absolute atomic E-state index is 12.3. The second-order valence-corrected chi connectivity index (χ2v) is 6.53. The second kappa shape index (κ2) is 6.48. The minimum atomic E-state index is -0.777. The van der Waals surface area contributed by atoms with Crippen LogP contribution < -0.4 is 5.32 Å². The molecule has 1 saturated carbocycles. The van der Waals surface area contributed by atoms with Crippen LogP contribution in [0.2, 0.25) is 0 Å². The Labute approximate surface area is 135 Å². The Kier molecular flexibility index (Phi) is 4.41. The van der Waals surface area contributed by atoms with Gasteiger partial charge in [0.1, 0.15) is 5.75 Å². The molecule has 1 aliphatic carbocycles. The van der Waals surface area contributed by atoms with E-state index < -0.39 is 5.97 Å². The number of carbonyl (C=O) groups is 2. The number of nitrogens with one attached hydrogen (secondary N) is 1. The zero-order chi connectivity index (χ0) is 16.4. The highest BCUT2D eigenvalue weighted by atomic mass is 16.4. The van der Waals surface area contributed by atoms with E-state index in [2.05, 4.69) is 5.32 Å². The van der Waals surface area contributed by atoms with Gasteiger partial charge >= 0.3 is 12.0 Å². The minimum absolute atomic E-state index is 0.0161. The molecule has 3 rings (SSSR count). The first-order chi connectivity index (χ1) is 11.0. The van der Waals surface area contributed by atoms with Crippen LogP contribution in [-0.2, 0) is 4.79 Å². The molecule has 6 heteroatoms. The van der Waals surface area contributed by atoms with E-state index in [4.69, 9.17) is 5.11 Å². The highest BCUT2D eigenvalue weighted by Crippen LogP contribution is 2.30.